The zero-order valence-corrected chi connectivity index (χ0v) is 13.2. The van der Waals surface area contributed by atoms with Gasteiger partial charge in [0.1, 0.15) is 5.75 Å². The fourth-order valence-electron chi connectivity index (χ4n) is 3.28. The van der Waals surface area contributed by atoms with Crippen LogP contribution in [0.25, 0.3) is 0 Å². The number of ether oxygens (including phenoxy) is 1. The summed E-state index contributed by atoms with van der Waals surface area (Å²) >= 11 is 0. The van der Waals surface area contributed by atoms with Crippen molar-refractivity contribution in [1.29, 1.82) is 0 Å². The number of hydrogen-bond donors (Lipinski definition) is 2. The highest BCUT2D eigenvalue weighted by Crippen LogP contribution is 2.41. The van der Waals surface area contributed by atoms with Gasteiger partial charge < -0.3 is 15.4 Å². The molecule has 0 aromatic heterocycles. The van der Waals surface area contributed by atoms with E-state index in [0.29, 0.717) is 17.0 Å². The molecule has 0 unspecified atom stereocenters. The second-order valence-electron chi connectivity index (χ2n) is 6.30. The van der Waals surface area contributed by atoms with E-state index in [4.69, 9.17) is 4.74 Å². The molecule has 2 amide bonds. The fraction of sp³-hybridized carbons (Fsp3) is 0.263. The van der Waals surface area contributed by atoms with Crippen LogP contribution in [0.1, 0.15) is 35.2 Å². The first-order valence-electron chi connectivity index (χ1n) is 8.11. The summed E-state index contributed by atoms with van der Waals surface area (Å²) in [4.78, 5) is 24.0. The van der Waals surface area contributed by atoms with Crippen molar-refractivity contribution in [2.45, 2.75) is 24.8 Å². The molecule has 0 spiro atoms. The Labute approximate surface area is 140 Å². The van der Waals surface area contributed by atoms with Crippen LogP contribution < -0.4 is 15.4 Å². The van der Waals surface area contributed by atoms with Crippen molar-refractivity contribution >= 4 is 17.5 Å². The number of amides is 2. The molecule has 1 heterocycles. The fourth-order valence-corrected chi connectivity index (χ4v) is 3.28. The van der Waals surface area contributed by atoms with Crippen molar-refractivity contribution in [3.05, 3.63) is 59.7 Å². The molecule has 1 saturated carbocycles. The summed E-state index contributed by atoms with van der Waals surface area (Å²) in [5.74, 6) is 0.226. The monoisotopic (exact) mass is 322 g/mol. The summed E-state index contributed by atoms with van der Waals surface area (Å²) in [7, 11) is 0. The van der Waals surface area contributed by atoms with Crippen LogP contribution in [-0.2, 0) is 10.3 Å². The predicted octanol–water partition coefficient (Wildman–Crippen LogP) is 2.83. The first kappa shape index (κ1) is 14.8. The molecule has 1 fully saturated rings. The number of fused-ring (bicyclic) bond motifs is 1. The first-order valence-corrected chi connectivity index (χ1v) is 8.11. The van der Waals surface area contributed by atoms with Gasteiger partial charge in [0.25, 0.3) is 11.8 Å². The van der Waals surface area contributed by atoms with E-state index in [9.17, 15) is 9.59 Å². The molecule has 0 saturated heterocycles. The summed E-state index contributed by atoms with van der Waals surface area (Å²) in [5.41, 5.74) is 2.01. The van der Waals surface area contributed by atoms with Crippen LogP contribution in [0.15, 0.2) is 48.5 Å². The van der Waals surface area contributed by atoms with Crippen LogP contribution in [-0.4, -0.2) is 18.4 Å². The molecule has 122 valence electrons. The summed E-state index contributed by atoms with van der Waals surface area (Å²) < 4.78 is 5.39. The highest BCUT2D eigenvalue weighted by molar-refractivity contribution is 5.99. The molecule has 0 atom stereocenters. The number of carbonyl (C=O) groups is 2. The maximum absolute atomic E-state index is 12.7. The molecule has 2 aliphatic rings. The van der Waals surface area contributed by atoms with Gasteiger partial charge in [-0.15, -0.1) is 0 Å². The Morgan fingerprint density at radius 3 is 2.62 bits per heavy atom. The first-order chi connectivity index (χ1) is 11.7. The van der Waals surface area contributed by atoms with Crippen molar-refractivity contribution in [2.24, 2.45) is 0 Å². The Hall–Kier alpha value is -2.82. The van der Waals surface area contributed by atoms with E-state index in [1.54, 1.807) is 18.2 Å². The number of benzene rings is 2. The summed E-state index contributed by atoms with van der Waals surface area (Å²) in [6.07, 6.45) is 3.00. The van der Waals surface area contributed by atoms with E-state index >= 15 is 0 Å². The predicted molar refractivity (Wildman–Crippen MR) is 90.0 cm³/mol. The minimum Gasteiger partial charge on any atom is -0.482 e. The van der Waals surface area contributed by atoms with Crippen molar-refractivity contribution in [2.75, 3.05) is 11.9 Å². The van der Waals surface area contributed by atoms with Crippen molar-refractivity contribution in [3.8, 4) is 5.75 Å². The van der Waals surface area contributed by atoms with E-state index in [1.807, 2.05) is 18.2 Å². The van der Waals surface area contributed by atoms with Gasteiger partial charge >= 0.3 is 0 Å². The maximum Gasteiger partial charge on any atom is 0.262 e. The van der Waals surface area contributed by atoms with E-state index in [2.05, 4.69) is 22.8 Å². The van der Waals surface area contributed by atoms with Gasteiger partial charge in [-0.1, -0.05) is 30.3 Å². The summed E-state index contributed by atoms with van der Waals surface area (Å²) in [6.45, 7) is -0.0218. The van der Waals surface area contributed by atoms with Crippen LogP contribution in [0.5, 0.6) is 5.75 Å². The smallest absolute Gasteiger partial charge is 0.262 e. The van der Waals surface area contributed by atoms with Gasteiger partial charge in [0.05, 0.1) is 11.2 Å². The Kier molecular flexibility index (Phi) is 3.49. The van der Waals surface area contributed by atoms with Crippen molar-refractivity contribution in [1.82, 2.24) is 5.32 Å². The largest absolute Gasteiger partial charge is 0.482 e. The molecular weight excluding hydrogens is 304 g/mol. The number of anilines is 1. The van der Waals surface area contributed by atoms with Gasteiger partial charge in [0.2, 0.25) is 0 Å². The Balaban J connectivity index is 1.57. The lowest BCUT2D eigenvalue weighted by Gasteiger charge is -2.43. The zero-order chi connectivity index (χ0) is 16.6. The van der Waals surface area contributed by atoms with E-state index in [-0.39, 0.29) is 24.0 Å². The maximum atomic E-state index is 12.7. The highest BCUT2D eigenvalue weighted by Gasteiger charge is 2.40. The molecule has 24 heavy (non-hydrogen) atoms. The van der Waals surface area contributed by atoms with Crippen LogP contribution in [0.3, 0.4) is 0 Å². The van der Waals surface area contributed by atoms with E-state index in [1.165, 1.54) is 0 Å². The average Bonchev–Trinajstić information content (AvgIpc) is 2.58. The SMILES string of the molecule is O=C1COc2cc(C(=O)NC3(c4ccccc4)CCC3)ccc2N1. The van der Waals surface area contributed by atoms with E-state index in [0.717, 1.165) is 24.8 Å². The second-order valence-corrected chi connectivity index (χ2v) is 6.30. The minimum absolute atomic E-state index is 0.0218. The van der Waals surface area contributed by atoms with Crippen LogP contribution >= 0.6 is 0 Å². The lowest BCUT2D eigenvalue weighted by Crippen LogP contribution is -2.50. The van der Waals surface area contributed by atoms with Crippen LogP contribution in [0.4, 0.5) is 5.69 Å². The quantitative estimate of drug-likeness (QED) is 0.913. The van der Waals surface area contributed by atoms with E-state index < -0.39 is 0 Å². The number of nitrogens with one attached hydrogen (secondary N) is 2. The number of rotatable bonds is 3. The molecule has 5 heteroatoms. The van der Waals surface area contributed by atoms with Crippen LogP contribution in [0.2, 0.25) is 0 Å². The normalized spacial score (nSPS) is 17.8. The lowest BCUT2D eigenvalue weighted by molar-refractivity contribution is -0.118. The average molecular weight is 322 g/mol. The molecule has 5 nitrogen and oxygen atoms in total. The topological polar surface area (TPSA) is 67.4 Å². The molecular formula is C19H18N2O3. The lowest BCUT2D eigenvalue weighted by atomic mass is 9.71. The molecule has 4 rings (SSSR count). The third-order valence-corrected chi connectivity index (χ3v) is 4.76. The number of carbonyl (C=O) groups excluding carboxylic acids is 2. The second kappa shape index (κ2) is 5.67. The van der Waals surface area contributed by atoms with Crippen molar-refractivity contribution in [3.63, 3.8) is 0 Å². The molecule has 2 aromatic rings. The summed E-state index contributed by atoms with van der Waals surface area (Å²) in [6, 6.07) is 15.2. The van der Waals surface area contributed by atoms with Crippen LogP contribution in [0, 0.1) is 0 Å². The van der Waals surface area contributed by atoms with Gasteiger partial charge in [-0.3, -0.25) is 9.59 Å². The Bertz CT molecular complexity index is 798. The number of hydrogen-bond acceptors (Lipinski definition) is 3. The highest BCUT2D eigenvalue weighted by atomic mass is 16.5. The van der Waals surface area contributed by atoms with Gasteiger partial charge in [-0.25, -0.2) is 0 Å². The summed E-state index contributed by atoms with van der Waals surface area (Å²) in [5, 5.41) is 5.92. The van der Waals surface area contributed by atoms with Gasteiger partial charge in [-0.05, 0) is 43.0 Å². The molecule has 0 radical (unpaired) electrons. The molecule has 2 aromatic carbocycles. The zero-order valence-electron chi connectivity index (χ0n) is 13.2. The molecule has 1 aliphatic heterocycles. The molecule has 0 bridgehead atoms. The third kappa shape index (κ3) is 2.52. The van der Waals surface area contributed by atoms with Gasteiger partial charge in [0, 0.05) is 5.56 Å². The third-order valence-electron chi connectivity index (χ3n) is 4.76. The minimum atomic E-state index is -0.274. The molecule has 2 N–H and O–H groups in total. The Morgan fingerprint density at radius 1 is 1.12 bits per heavy atom. The van der Waals surface area contributed by atoms with Gasteiger partial charge in [0.15, 0.2) is 6.61 Å². The van der Waals surface area contributed by atoms with Gasteiger partial charge in [-0.2, -0.15) is 0 Å². The standard InChI is InChI=1S/C19H18N2O3/c22-17-12-24-16-11-13(7-8-15(16)20-17)18(23)21-19(9-4-10-19)14-5-2-1-3-6-14/h1-3,5-8,11H,4,9-10,12H2,(H,20,22)(H,21,23). The Morgan fingerprint density at radius 2 is 1.92 bits per heavy atom. The van der Waals surface area contributed by atoms with Crippen molar-refractivity contribution < 1.29 is 14.3 Å². The molecule has 1 aliphatic carbocycles.